The zero-order valence-corrected chi connectivity index (χ0v) is 10.2. The van der Waals surface area contributed by atoms with E-state index in [9.17, 15) is 0 Å². The van der Waals surface area contributed by atoms with Crippen LogP contribution in [0.2, 0.25) is 0 Å². The molecule has 0 spiro atoms. The van der Waals surface area contributed by atoms with Crippen molar-refractivity contribution in [2.24, 2.45) is 0 Å². The van der Waals surface area contributed by atoms with E-state index in [4.69, 9.17) is 9.72 Å². The first-order valence-corrected chi connectivity index (χ1v) is 6.53. The van der Waals surface area contributed by atoms with Crippen LogP contribution in [0.1, 0.15) is 24.8 Å². The lowest BCUT2D eigenvalue weighted by Crippen LogP contribution is -2.30. The fourth-order valence-corrected chi connectivity index (χ4v) is 3.33. The zero-order chi connectivity index (χ0) is 11.0. The quantitative estimate of drug-likeness (QED) is 0.753. The van der Waals surface area contributed by atoms with E-state index in [1.165, 1.54) is 9.71 Å². The van der Waals surface area contributed by atoms with Crippen molar-refractivity contribution in [2.45, 2.75) is 25.2 Å². The minimum atomic E-state index is 0.224. The number of ether oxygens (including phenoxy) is 1. The molecule has 1 saturated heterocycles. The Hall–Kier alpha value is -0.930. The van der Waals surface area contributed by atoms with Gasteiger partial charge in [0.05, 0.1) is 15.2 Å². The molecule has 0 radical (unpaired) electrons. The SMILES string of the molecule is CC1(c2nc3ccccc3s2)CCOCC1. The molecule has 0 bridgehead atoms. The van der Waals surface area contributed by atoms with Crippen LogP contribution in [0.3, 0.4) is 0 Å². The Bertz CT molecular complexity index is 466. The molecule has 1 aliphatic rings. The van der Waals surface area contributed by atoms with E-state index in [-0.39, 0.29) is 5.41 Å². The Morgan fingerprint density at radius 3 is 2.75 bits per heavy atom. The van der Waals surface area contributed by atoms with Gasteiger partial charge in [0.2, 0.25) is 0 Å². The monoisotopic (exact) mass is 233 g/mol. The molecule has 0 aliphatic carbocycles. The molecule has 2 nitrogen and oxygen atoms in total. The fraction of sp³-hybridized carbons (Fsp3) is 0.462. The van der Waals surface area contributed by atoms with Crippen LogP contribution in [0.15, 0.2) is 24.3 Å². The summed E-state index contributed by atoms with van der Waals surface area (Å²) in [6.07, 6.45) is 2.18. The summed E-state index contributed by atoms with van der Waals surface area (Å²) in [7, 11) is 0. The van der Waals surface area contributed by atoms with Crippen molar-refractivity contribution in [3.05, 3.63) is 29.3 Å². The number of nitrogens with zero attached hydrogens (tertiary/aromatic N) is 1. The number of thiazole rings is 1. The molecule has 1 aromatic carbocycles. The Balaban J connectivity index is 2.04. The highest BCUT2D eigenvalue weighted by Crippen LogP contribution is 2.38. The minimum absolute atomic E-state index is 0.224. The second kappa shape index (κ2) is 3.82. The average Bonchev–Trinajstić information content (AvgIpc) is 2.74. The molecule has 0 N–H and O–H groups in total. The average molecular weight is 233 g/mol. The summed E-state index contributed by atoms with van der Waals surface area (Å²) in [6, 6.07) is 8.38. The molecule has 1 aliphatic heterocycles. The molecule has 3 rings (SSSR count). The van der Waals surface area contributed by atoms with Crippen molar-refractivity contribution in [1.82, 2.24) is 4.98 Å². The smallest absolute Gasteiger partial charge is 0.0999 e. The first-order chi connectivity index (χ1) is 7.78. The van der Waals surface area contributed by atoms with Gasteiger partial charge < -0.3 is 4.74 Å². The second-order valence-corrected chi connectivity index (χ2v) is 5.69. The van der Waals surface area contributed by atoms with E-state index in [0.717, 1.165) is 31.6 Å². The van der Waals surface area contributed by atoms with Gasteiger partial charge in [0.15, 0.2) is 0 Å². The van der Waals surface area contributed by atoms with Gasteiger partial charge in [0, 0.05) is 18.6 Å². The molecule has 2 heterocycles. The number of rotatable bonds is 1. The van der Waals surface area contributed by atoms with Gasteiger partial charge in [0.25, 0.3) is 0 Å². The van der Waals surface area contributed by atoms with Gasteiger partial charge in [-0.3, -0.25) is 0 Å². The van der Waals surface area contributed by atoms with Gasteiger partial charge >= 0.3 is 0 Å². The summed E-state index contributed by atoms with van der Waals surface area (Å²) >= 11 is 1.84. The van der Waals surface area contributed by atoms with Crippen LogP contribution in [-0.2, 0) is 10.2 Å². The highest BCUT2D eigenvalue weighted by atomic mass is 32.1. The van der Waals surface area contributed by atoms with Crippen LogP contribution in [0.4, 0.5) is 0 Å². The topological polar surface area (TPSA) is 22.1 Å². The normalized spacial score (nSPS) is 20.1. The molecule has 0 saturated carbocycles. The van der Waals surface area contributed by atoms with Gasteiger partial charge in [-0.05, 0) is 25.0 Å². The third kappa shape index (κ3) is 1.64. The zero-order valence-electron chi connectivity index (χ0n) is 9.40. The van der Waals surface area contributed by atoms with Crippen LogP contribution in [0.25, 0.3) is 10.2 Å². The van der Waals surface area contributed by atoms with Gasteiger partial charge in [0.1, 0.15) is 0 Å². The maximum Gasteiger partial charge on any atom is 0.0999 e. The highest BCUT2D eigenvalue weighted by Gasteiger charge is 2.32. The van der Waals surface area contributed by atoms with Crippen LogP contribution < -0.4 is 0 Å². The van der Waals surface area contributed by atoms with E-state index in [2.05, 4.69) is 31.2 Å². The highest BCUT2D eigenvalue weighted by molar-refractivity contribution is 7.18. The number of benzene rings is 1. The van der Waals surface area contributed by atoms with Crippen molar-refractivity contribution in [3.63, 3.8) is 0 Å². The van der Waals surface area contributed by atoms with Gasteiger partial charge in [-0.15, -0.1) is 11.3 Å². The first-order valence-electron chi connectivity index (χ1n) is 5.72. The largest absolute Gasteiger partial charge is 0.381 e. The maximum absolute atomic E-state index is 5.44. The van der Waals surface area contributed by atoms with Gasteiger partial charge in [-0.25, -0.2) is 4.98 Å². The number of para-hydroxylation sites is 1. The van der Waals surface area contributed by atoms with Crippen LogP contribution >= 0.6 is 11.3 Å². The lowest BCUT2D eigenvalue weighted by atomic mass is 9.83. The number of hydrogen-bond donors (Lipinski definition) is 0. The number of hydrogen-bond acceptors (Lipinski definition) is 3. The van der Waals surface area contributed by atoms with Crippen molar-refractivity contribution in [3.8, 4) is 0 Å². The third-order valence-electron chi connectivity index (χ3n) is 3.41. The Labute approximate surface area is 99.3 Å². The first kappa shape index (κ1) is 10.2. The number of fused-ring (bicyclic) bond motifs is 1. The van der Waals surface area contributed by atoms with Crippen LogP contribution in [0.5, 0.6) is 0 Å². The van der Waals surface area contributed by atoms with Crippen molar-refractivity contribution < 1.29 is 4.74 Å². The summed E-state index contributed by atoms with van der Waals surface area (Å²) in [5, 5.41) is 1.28. The van der Waals surface area contributed by atoms with Crippen molar-refractivity contribution in [1.29, 1.82) is 0 Å². The molecular formula is C13H15NOS. The minimum Gasteiger partial charge on any atom is -0.381 e. The van der Waals surface area contributed by atoms with Gasteiger partial charge in [-0.1, -0.05) is 19.1 Å². The van der Waals surface area contributed by atoms with E-state index in [1.807, 2.05) is 11.3 Å². The second-order valence-electron chi connectivity index (χ2n) is 4.66. The Morgan fingerprint density at radius 1 is 1.25 bits per heavy atom. The summed E-state index contributed by atoms with van der Waals surface area (Å²) in [5.41, 5.74) is 1.36. The summed E-state index contributed by atoms with van der Waals surface area (Å²) < 4.78 is 6.73. The summed E-state index contributed by atoms with van der Waals surface area (Å²) in [4.78, 5) is 4.77. The van der Waals surface area contributed by atoms with Crippen molar-refractivity contribution in [2.75, 3.05) is 13.2 Å². The molecule has 16 heavy (non-hydrogen) atoms. The maximum atomic E-state index is 5.44. The van der Waals surface area contributed by atoms with Gasteiger partial charge in [-0.2, -0.15) is 0 Å². The lowest BCUT2D eigenvalue weighted by Gasteiger charge is -2.31. The summed E-state index contributed by atoms with van der Waals surface area (Å²) in [6.45, 7) is 4.05. The van der Waals surface area contributed by atoms with E-state index in [1.54, 1.807) is 0 Å². The van der Waals surface area contributed by atoms with Crippen LogP contribution in [0, 0.1) is 0 Å². The predicted molar refractivity (Wildman–Crippen MR) is 67.0 cm³/mol. The summed E-state index contributed by atoms with van der Waals surface area (Å²) in [5.74, 6) is 0. The predicted octanol–water partition coefficient (Wildman–Crippen LogP) is 3.36. The van der Waals surface area contributed by atoms with E-state index < -0.39 is 0 Å². The molecule has 0 atom stereocenters. The fourth-order valence-electron chi connectivity index (χ4n) is 2.17. The molecule has 2 aromatic rings. The molecule has 3 heteroatoms. The molecular weight excluding hydrogens is 218 g/mol. The van der Waals surface area contributed by atoms with E-state index >= 15 is 0 Å². The Morgan fingerprint density at radius 2 is 2.00 bits per heavy atom. The van der Waals surface area contributed by atoms with E-state index in [0.29, 0.717) is 0 Å². The lowest BCUT2D eigenvalue weighted by molar-refractivity contribution is 0.0564. The molecule has 1 aromatic heterocycles. The third-order valence-corrected chi connectivity index (χ3v) is 4.75. The van der Waals surface area contributed by atoms with Crippen LogP contribution in [-0.4, -0.2) is 18.2 Å². The standard InChI is InChI=1S/C13H15NOS/c1-13(6-8-15-9-7-13)12-14-10-4-2-3-5-11(10)16-12/h2-5H,6-9H2,1H3. The molecule has 84 valence electrons. The number of aromatic nitrogens is 1. The molecule has 0 amide bonds. The molecule has 0 unspecified atom stereocenters. The Kier molecular flexibility index (Phi) is 2.45. The molecule has 1 fully saturated rings. The van der Waals surface area contributed by atoms with Crippen molar-refractivity contribution >= 4 is 21.6 Å².